The summed E-state index contributed by atoms with van der Waals surface area (Å²) in [4.78, 5) is 9.93. The molecule has 2 aromatic rings. The van der Waals surface area contributed by atoms with Crippen molar-refractivity contribution in [2.24, 2.45) is 0 Å². The summed E-state index contributed by atoms with van der Waals surface area (Å²) in [5.41, 5.74) is 1.45. The number of nitro groups is 1. The fraction of sp³-hybridized carbons (Fsp3) is 0.200. The molecule has 0 heterocycles. The van der Waals surface area contributed by atoms with E-state index in [1.165, 1.54) is 12.1 Å². The molecule has 0 saturated heterocycles. The number of phenolic OH excluding ortho intramolecular Hbond substituents is 1. The van der Waals surface area contributed by atoms with Gasteiger partial charge in [0.2, 0.25) is 0 Å². The largest absolute Gasteiger partial charge is 0.508 e. The van der Waals surface area contributed by atoms with Crippen molar-refractivity contribution < 1.29 is 14.4 Å². The molecule has 0 saturated carbocycles. The van der Waals surface area contributed by atoms with E-state index in [1.807, 2.05) is 6.92 Å². The predicted octanol–water partition coefficient (Wildman–Crippen LogP) is 3.92. The third-order valence-electron chi connectivity index (χ3n) is 3.19. The third-order valence-corrected chi connectivity index (χ3v) is 3.19. The van der Waals surface area contributed by atoms with E-state index >= 15 is 0 Å². The lowest BCUT2D eigenvalue weighted by Crippen LogP contribution is -2.08. The third kappa shape index (κ3) is 3.28. The number of non-ortho nitro benzene ring substituents is 1. The van der Waals surface area contributed by atoms with Crippen LogP contribution in [0.1, 0.15) is 24.1 Å². The molecular weight excluding hydrogens is 275 g/mol. The Morgan fingerprint density at radius 3 is 2.62 bits per heavy atom. The number of halogens is 1. The standard InChI is InChI=1S/C15H15FN2O3/c1-9-3-6-15(19)12(7-9)10(2)17-14-5-4-11(18(20)21)8-13(14)16/h3-8,10,17,19H,1-2H3. The van der Waals surface area contributed by atoms with Crippen molar-refractivity contribution in [1.29, 1.82) is 0 Å². The van der Waals surface area contributed by atoms with Crippen molar-refractivity contribution in [3.63, 3.8) is 0 Å². The van der Waals surface area contributed by atoms with E-state index in [0.717, 1.165) is 11.6 Å². The van der Waals surface area contributed by atoms with Crippen molar-refractivity contribution in [2.75, 3.05) is 5.32 Å². The highest BCUT2D eigenvalue weighted by Crippen LogP contribution is 2.29. The zero-order valence-electron chi connectivity index (χ0n) is 11.6. The van der Waals surface area contributed by atoms with Gasteiger partial charge in [-0.25, -0.2) is 4.39 Å². The van der Waals surface area contributed by atoms with Gasteiger partial charge in [0.1, 0.15) is 5.75 Å². The van der Waals surface area contributed by atoms with E-state index in [-0.39, 0.29) is 23.2 Å². The Bertz CT molecular complexity index is 689. The van der Waals surface area contributed by atoms with Crippen molar-refractivity contribution in [3.8, 4) is 5.75 Å². The number of rotatable bonds is 4. The second kappa shape index (κ2) is 5.78. The number of aryl methyl sites for hydroxylation is 1. The number of nitrogens with zero attached hydrogens (tertiary/aromatic N) is 1. The highest BCUT2D eigenvalue weighted by Gasteiger charge is 2.15. The first-order valence-corrected chi connectivity index (χ1v) is 6.38. The predicted molar refractivity (Wildman–Crippen MR) is 77.9 cm³/mol. The van der Waals surface area contributed by atoms with E-state index in [2.05, 4.69) is 5.32 Å². The zero-order chi connectivity index (χ0) is 15.6. The maximum absolute atomic E-state index is 13.8. The van der Waals surface area contributed by atoms with Crippen LogP contribution in [0, 0.1) is 22.9 Å². The summed E-state index contributed by atoms with van der Waals surface area (Å²) in [7, 11) is 0. The zero-order valence-corrected chi connectivity index (χ0v) is 11.6. The lowest BCUT2D eigenvalue weighted by molar-refractivity contribution is -0.385. The van der Waals surface area contributed by atoms with Gasteiger partial charge in [0.25, 0.3) is 5.69 Å². The van der Waals surface area contributed by atoms with Gasteiger partial charge in [-0.2, -0.15) is 0 Å². The van der Waals surface area contributed by atoms with Gasteiger partial charge in [0, 0.05) is 11.6 Å². The van der Waals surface area contributed by atoms with E-state index in [1.54, 1.807) is 25.1 Å². The Morgan fingerprint density at radius 1 is 1.29 bits per heavy atom. The molecule has 2 aromatic carbocycles. The van der Waals surface area contributed by atoms with Crippen LogP contribution in [-0.2, 0) is 0 Å². The molecule has 0 aliphatic rings. The molecule has 2 N–H and O–H groups in total. The number of aromatic hydroxyl groups is 1. The van der Waals surface area contributed by atoms with Crippen LogP contribution in [0.3, 0.4) is 0 Å². The molecule has 0 spiro atoms. The Kier molecular flexibility index (Phi) is 4.07. The Balaban J connectivity index is 2.25. The number of hydrogen-bond donors (Lipinski definition) is 2. The number of nitrogens with one attached hydrogen (secondary N) is 1. The summed E-state index contributed by atoms with van der Waals surface area (Å²) >= 11 is 0. The number of anilines is 1. The van der Waals surface area contributed by atoms with Crippen LogP contribution in [-0.4, -0.2) is 10.0 Å². The SMILES string of the molecule is Cc1ccc(O)c(C(C)Nc2ccc([N+](=O)[O-])cc2F)c1. The average Bonchev–Trinajstić information content (AvgIpc) is 2.43. The van der Waals surface area contributed by atoms with Gasteiger partial charge in [0.15, 0.2) is 5.82 Å². The number of nitro benzene ring substituents is 1. The quantitative estimate of drug-likeness (QED) is 0.661. The van der Waals surface area contributed by atoms with E-state index in [4.69, 9.17) is 0 Å². The van der Waals surface area contributed by atoms with Crippen molar-refractivity contribution in [3.05, 3.63) is 63.5 Å². The minimum absolute atomic E-state index is 0.114. The second-order valence-electron chi connectivity index (χ2n) is 4.85. The average molecular weight is 290 g/mol. The lowest BCUT2D eigenvalue weighted by atomic mass is 10.0. The maximum Gasteiger partial charge on any atom is 0.272 e. The summed E-state index contributed by atoms with van der Waals surface area (Å²) in [6.07, 6.45) is 0. The molecule has 110 valence electrons. The Morgan fingerprint density at radius 2 is 2.00 bits per heavy atom. The van der Waals surface area contributed by atoms with Crippen LogP contribution in [0.4, 0.5) is 15.8 Å². The molecule has 0 aliphatic heterocycles. The van der Waals surface area contributed by atoms with E-state index in [9.17, 15) is 19.6 Å². The molecular formula is C15H15FN2O3. The molecule has 0 aromatic heterocycles. The summed E-state index contributed by atoms with van der Waals surface area (Å²) in [5.74, 6) is -0.592. The lowest BCUT2D eigenvalue weighted by Gasteiger charge is -2.17. The van der Waals surface area contributed by atoms with Gasteiger partial charge in [-0.3, -0.25) is 10.1 Å². The van der Waals surface area contributed by atoms with Gasteiger partial charge in [0.05, 0.1) is 22.7 Å². The Labute approximate surface area is 121 Å². The van der Waals surface area contributed by atoms with Crippen LogP contribution < -0.4 is 5.32 Å². The molecule has 6 heteroatoms. The van der Waals surface area contributed by atoms with Crippen LogP contribution in [0.15, 0.2) is 36.4 Å². The van der Waals surface area contributed by atoms with Crippen LogP contribution in [0.2, 0.25) is 0 Å². The molecule has 0 amide bonds. The summed E-state index contributed by atoms with van der Waals surface area (Å²) < 4.78 is 13.8. The molecule has 2 rings (SSSR count). The first-order chi connectivity index (χ1) is 9.88. The van der Waals surface area contributed by atoms with Crippen molar-refractivity contribution in [1.82, 2.24) is 0 Å². The van der Waals surface area contributed by atoms with Crippen LogP contribution in [0.5, 0.6) is 5.75 Å². The molecule has 1 unspecified atom stereocenters. The molecule has 0 bridgehead atoms. The molecule has 5 nitrogen and oxygen atoms in total. The number of phenols is 1. The number of benzene rings is 2. The summed E-state index contributed by atoms with van der Waals surface area (Å²) in [6, 6.07) is 8.22. The van der Waals surface area contributed by atoms with Gasteiger partial charge < -0.3 is 10.4 Å². The molecule has 0 aliphatic carbocycles. The van der Waals surface area contributed by atoms with Crippen molar-refractivity contribution in [2.45, 2.75) is 19.9 Å². The minimum Gasteiger partial charge on any atom is -0.508 e. The van der Waals surface area contributed by atoms with Gasteiger partial charge in [-0.15, -0.1) is 0 Å². The summed E-state index contributed by atoms with van der Waals surface area (Å²) in [6.45, 7) is 3.66. The van der Waals surface area contributed by atoms with Gasteiger partial charge in [-0.1, -0.05) is 17.7 Å². The smallest absolute Gasteiger partial charge is 0.272 e. The van der Waals surface area contributed by atoms with E-state index in [0.29, 0.717) is 5.56 Å². The van der Waals surface area contributed by atoms with Gasteiger partial charge in [-0.05, 0) is 26.0 Å². The highest BCUT2D eigenvalue weighted by atomic mass is 19.1. The first-order valence-electron chi connectivity index (χ1n) is 6.38. The molecule has 21 heavy (non-hydrogen) atoms. The highest BCUT2D eigenvalue weighted by molar-refractivity contribution is 5.52. The number of hydrogen-bond acceptors (Lipinski definition) is 4. The molecule has 1 atom stereocenters. The molecule has 0 radical (unpaired) electrons. The topological polar surface area (TPSA) is 75.4 Å². The fourth-order valence-electron chi connectivity index (χ4n) is 2.07. The van der Waals surface area contributed by atoms with Crippen LogP contribution in [0.25, 0.3) is 0 Å². The minimum atomic E-state index is -0.705. The normalized spacial score (nSPS) is 12.0. The monoisotopic (exact) mass is 290 g/mol. The first kappa shape index (κ1) is 14.8. The van der Waals surface area contributed by atoms with Crippen LogP contribution >= 0.6 is 0 Å². The summed E-state index contributed by atoms with van der Waals surface area (Å²) in [5, 5.41) is 23.3. The second-order valence-corrected chi connectivity index (χ2v) is 4.85. The van der Waals surface area contributed by atoms with Gasteiger partial charge >= 0.3 is 0 Å². The maximum atomic E-state index is 13.8. The van der Waals surface area contributed by atoms with E-state index < -0.39 is 10.7 Å². The Hall–Kier alpha value is -2.63. The fourth-order valence-corrected chi connectivity index (χ4v) is 2.07. The van der Waals surface area contributed by atoms with Crippen molar-refractivity contribution >= 4 is 11.4 Å². The molecule has 0 fully saturated rings.